The van der Waals surface area contributed by atoms with Crippen LogP contribution in [0.1, 0.15) is 49.8 Å². The minimum Gasteiger partial charge on any atom is -0.494 e. The summed E-state index contributed by atoms with van der Waals surface area (Å²) in [5.41, 5.74) is 0.845. The minimum absolute atomic E-state index is 0.0643. The molecule has 1 aliphatic heterocycles. The first-order valence-electron chi connectivity index (χ1n) is 8.95. The van der Waals surface area contributed by atoms with E-state index in [9.17, 15) is 9.59 Å². The van der Waals surface area contributed by atoms with Gasteiger partial charge in [-0.25, -0.2) is 4.98 Å². The number of aryl methyl sites for hydroxylation is 1. The summed E-state index contributed by atoms with van der Waals surface area (Å²) in [6.07, 6.45) is 0.638. The van der Waals surface area contributed by atoms with E-state index in [2.05, 4.69) is 10.1 Å². The lowest BCUT2D eigenvalue weighted by Crippen LogP contribution is -2.29. The molecule has 0 saturated heterocycles. The van der Waals surface area contributed by atoms with Gasteiger partial charge in [-0.1, -0.05) is 13.8 Å². The van der Waals surface area contributed by atoms with Gasteiger partial charge in [0, 0.05) is 18.4 Å². The molecule has 0 spiro atoms. The summed E-state index contributed by atoms with van der Waals surface area (Å²) in [5.74, 6) is 1.50. The van der Waals surface area contributed by atoms with E-state index in [0.717, 1.165) is 11.3 Å². The van der Waals surface area contributed by atoms with Crippen molar-refractivity contribution in [2.45, 2.75) is 45.6 Å². The van der Waals surface area contributed by atoms with Crippen LogP contribution in [-0.4, -0.2) is 33.0 Å². The summed E-state index contributed by atoms with van der Waals surface area (Å²) in [4.78, 5) is 29.3. The molecule has 1 aliphatic rings. The van der Waals surface area contributed by atoms with E-state index in [0.29, 0.717) is 34.7 Å². The molecule has 27 heavy (non-hydrogen) atoms. The van der Waals surface area contributed by atoms with Gasteiger partial charge < -0.3 is 4.74 Å². The van der Waals surface area contributed by atoms with Gasteiger partial charge in [0.1, 0.15) is 21.6 Å². The fraction of sp³-hybridized carbons (Fsp3) is 0.368. The van der Waals surface area contributed by atoms with E-state index >= 15 is 0 Å². The number of rotatable bonds is 5. The number of aromatic nitrogens is 2. The third-order valence-electron chi connectivity index (χ3n) is 4.07. The van der Waals surface area contributed by atoms with Crippen LogP contribution in [0.2, 0.25) is 0 Å². The lowest BCUT2D eigenvalue weighted by Gasteiger charge is -2.22. The highest BCUT2D eigenvalue weighted by Crippen LogP contribution is 2.38. The van der Waals surface area contributed by atoms with Crippen LogP contribution in [0.15, 0.2) is 34.4 Å². The molecule has 1 aromatic heterocycles. The predicted octanol–water partition coefficient (Wildman–Crippen LogP) is 3.85. The number of hydrazone groups is 1. The van der Waals surface area contributed by atoms with Crippen molar-refractivity contribution in [2.24, 2.45) is 5.10 Å². The standard InChI is InChI=1S/C19H22N4O3S/c1-5-15(24)22-12(4)20-17-19(22)27-18(21-23(17)16(25)6-2)13-8-10-14(11-9-13)26-7-3/h8-11H,5-7H2,1-4H3. The lowest BCUT2D eigenvalue weighted by atomic mass is 10.2. The average Bonchev–Trinajstić information content (AvgIpc) is 3.02. The highest BCUT2D eigenvalue weighted by atomic mass is 32.2. The molecule has 1 aromatic carbocycles. The molecule has 0 radical (unpaired) electrons. The summed E-state index contributed by atoms with van der Waals surface area (Å²) >= 11 is 1.35. The van der Waals surface area contributed by atoms with Crippen molar-refractivity contribution >= 4 is 34.4 Å². The molecule has 142 valence electrons. The summed E-state index contributed by atoms with van der Waals surface area (Å²) in [7, 11) is 0. The Kier molecular flexibility index (Phi) is 5.65. The quantitative estimate of drug-likeness (QED) is 0.780. The van der Waals surface area contributed by atoms with Gasteiger partial charge in [-0.05, 0) is 49.9 Å². The number of carbonyl (C=O) groups excluding carboxylic acids is 2. The molecule has 0 unspecified atom stereocenters. The normalized spacial score (nSPS) is 13.2. The van der Waals surface area contributed by atoms with E-state index in [1.54, 1.807) is 25.3 Å². The molecule has 0 bridgehead atoms. The van der Waals surface area contributed by atoms with E-state index < -0.39 is 0 Å². The number of nitrogens with zero attached hydrogens (tertiary/aromatic N) is 4. The maximum atomic E-state index is 12.5. The van der Waals surface area contributed by atoms with Crippen LogP contribution in [0.25, 0.3) is 0 Å². The van der Waals surface area contributed by atoms with Gasteiger partial charge in [0.15, 0.2) is 5.82 Å². The second-order valence-electron chi connectivity index (χ2n) is 5.89. The SMILES string of the molecule is CCOc1ccc(C2=NN(C(=O)CC)c3nc(C)n(C(=O)CC)c3S2)cc1. The Hall–Kier alpha value is -2.61. The topological polar surface area (TPSA) is 76.8 Å². The Balaban J connectivity index is 2.06. The number of hydrogen-bond acceptors (Lipinski definition) is 6. The van der Waals surface area contributed by atoms with E-state index in [-0.39, 0.29) is 18.2 Å². The molecule has 0 fully saturated rings. The molecule has 2 heterocycles. The van der Waals surface area contributed by atoms with Crippen LogP contribution in [0, 0.1) is 6.92 Å². The Labute approximate surface area is 162 Å². The van der Waals surface area contributed by atoms with Crippen molar-refractivity contribution in [3.05, 3.63) is 35.7 Å². The molecular weight excluding hydrogens is 364 g/mol. The third-order valence-corrected chi connectivity index (χ3v) is 5.14. The van der Waals surface area contributed by atoms with Gasteiger partial charge >= 0.3 is 0 Å². The Bertz CT molecular complexity index is 902. The third kappa shape index (κ3) is 3.62. The highest BCUT2D eigenvalue weighted by Gasteiger charge is 2.32. The fourth-order valence-electron chi connectivity index (χ4n) is 2.73. The van der Waals surface area contributed by atoms with Gasteiger partial charge in [-0.2, -0.15) is 10.1 Å². The van der Waals surface area contributed by atoms with Crippen LogP contribution >= 0.6 is 11.8 Å². The van der Waals surface area contributed by atoms with Crippen molar-refractivity contribution in [1.82, 2.24) is 9.55 Å². The predicted molar refractivity (Wildman–Crippen MR) is 106 cm³/mol. The Morgan fingerprint density at radius 2 is 1.74 bits per heavy atom. The highest BCUT2D eigenvalue weighted by molar-refractivity contribution is 8.14. The smallest absolute Gasteiger partial charge is 0.248 e. The molecule has 3 rings (SSSR count). The second-order valence-corrected chi connectivity index (χ2v) is 6.87. The van der Waals surface area contributed by atoms with Crippen molar-refractivity contribution in [3.8, 4) is 5.75 Å². The van der Waals surface area contributed by atoms with Crippen molar-refractivity contribution < 1.29 is 14.3 Å². The molecule has 7 nitrogen and oxygen atoms in total. The van der Waals surface area contributed by atoms with E-state index in [1.165, 1.54) is 16.8 Å². The number of fused-ring (bicyclic) bond motifs is 1. The maximum absolute atomic E-state index is 12.5. The largest absolute Gasteiger partial charge is 0.494 e. The zero-order valence-corrected chi connectivity index (χ0v) is 16.7. The van der Waals surface area contributed by atoms with Crippen LogP contribution in [-0.2, 0) is 4.79 Å². The lowest BCUT2D eigenvalue weighted by molar-refractivity contribution is -0.118. The number of amides is 1. The van der Waals surface area contributed by atoms with Gasteiger partial charge in [0.2, 0.25) is 11.8 Å². The zero-order chi connectivity index (χ0) is 19.6. The second kappa shape index (κ2) is 7.96. The number of imidazole rings is 1. The van der Waals surface area contributed by atoms with Crippen molar-refractivity contribution in [3.63, 3.8) is 0 Å². The Morgan fingerprint density at radius 1 is 1.07 bits per heavy atom. The molecular formula is C19H22N4O3S. The summed E-state index contributed by atoms with van der Waals surface area (Å²) in [6, 6.07) is 7.52. The van der Waals surface area contributed by atoms with Crippen molar-refractivity contribution in [2.75, 3.05) is 11.6 Å². The Morgan fingerprint density at radius 3 is 2.33 bits per heavy atom. The number of ether oxygens (including phenoxy) is 1. The summed E-state index contributed by atoms with van der Waals surface area (Å²) < 4.78 is 7.05. The fourth-order valence-corrected chi connectivity index (χ4v) is 3.84. The maximum Gasteiger partial charge on any atom is 0.248 e. The van der Waals surface area contributed by atoms with Crippen LogP contribution < -0.4 is 9.75 Å². The van der Waals surface area contributed by atoms with Crippen LogP contribution in [0.3, 0.4) is 0 Å². The number of carbonyl (C=O) groups is 2. The molecule has 2 aromatic rings. The van der Waals surface area contributed by atoms with E-state index in [1.807, 2.05) is 31.2 Å². The number of anilines is 1. The zero-order valence-electron chi connectivity index (χ0n) is 15.9. The summed E-state index contributed by atoms with van der Waals surface area (Å²) in [5, 5.41) is 7.09. The molecule has 0 saturated carbocycles. The van der Waals surface area contributed by atoms with Crippen molar-refractivity contribution in [1.29, 1.82) is 0 Å². The number of benzene rings is 1. The first-order valence-corrected chi connectivity index (χ1v) is 9.76. The van der Waals surface area contributed by atoms with Crippen LogP contribution in [0.4, 0.5) is 5.82 Å². The average molecular weight is 386 g/mol. The minimum atomic E-state index is -0.173. The molecule has 0 aliphatic carbocycles. The summed E-state index contributed by atoms with van der Waals surface area (Å²) in [6.45, 7) is 7.86. The van der Waals surface area contributed by atoms with Gasteiger partial charge in [0.25, 0.3) is 0 Å². The van der Waals surface area contributed by atoms with Gasteiger partial charge in [-0.3, -0.25) is 14.2 Å². The molecule has 8 heteroatoms. The van der Waals surface area contributed by atoms with Crippen LogP contribution in [0.5, 0.6) is 5.75 Å². The molecule has 0 atom stereocenters. The molecule has 1 amide bonds. The van der Waals surface area contributed by atoms with Gasteiger partial charge in [-0.15, -0.1) is 0 Å². The monoisotopic (exact) mass is 386 g/mol. The number of hydrogen-bond donors (Lipinski definition) is 0. The van der Waals surface area contributed by atoms with Gasteiger partial charge in [0.05, 0.1) is 6.61 Å². The first-order chi connectivity index (χ1) is 13.0. The van der Waals surface area contributed by atoms with E-state index in [4.69, 9.17) is 4.74 Å². The first kappa shape index (κ1) is 19.2. The number of thioether (sulfide) groups is 1. The molecule has 0 N–H and O–H groups in total.